The Bertz CT molecular complexity index is 653. The summed E-state index contributed by atoms with van der Waals surface area (Å²) in [6.07, 6.45) is 4.99. The number of rotatable bonds is 7. The van der Waals surface area contributed by atoms with Crippen molar-refractivity contribution in [1.29, 1.82) is 0 Å². The average molecular weight is 405 g/mol. The van der Waals surface area contributed by atoms with E-state index in [9.17, 15) is 4.79 Å². The van der Waals surface area contributed by atoms with Crippen LogP contribution in [0.4, 0.5) is 0 Å². The molecule has 29 heavy (non-hydrogen) atoms. The van der Waals surface area contributed by atoms with E-state index in [4.69, 9.17) is 14.6 Å². The summed E-state index contributed by atoms with van der Waals surface area (Å²) in [5.41, 5.74) is 0.319. The summed E-state index contributed by atoms with van der Waals surface area (Å²) in [6, 6.07) is 9.92. The van der Waals surface area contributed by atoms with Gasteiger partial charge in [-0.05, 0) is 71.4 Å². The second kappa shape index (κ2) is 9.61. The zero-order chi connectivity index (χ0) is 21.5. The van der Waals surface area contributed by atoms with E-state index >= 15 is 0 Å². The average Bonchev–Trinajstić information content (AvgIpc) is 3.38. The Balaban J connectivity index is 0.000000941. The van der Waals surface area contributed by atoms with Crippen LogP contribution in [0.15, 0.2) is 30.3 Å². The minimum absolute atomic E-state index is 0.0912. The van der Waals surface area contributed by atoms with E-state index in [1.165, 1.54) is 0 Å². The quantitative estimate of drug-likeness (QED) is 0.604. The minimum Gasteiger partial charge on any atom is -0.493 e. The third-order valence-electron chi connectivity index (χ3n) is 5.65. The smallest absolute Gasteiger partial charge is 0.290 e. The molecule has 3 rings (SSSR count). The number of carbonyl (C=O) groups excluding carboxylic acids is 1. The summed E-state index contributed by atoms with van der Waals surface area (Å²) >= 11 is 0. The van der Waals surface area contributed by atoms with Gasteiger partial charge in [0, 0.05) is 29.5 Å². The van der Waals surface area contributed by atoms with Gasteiger partial charge in [0.15, 0.2) is 0 Å². The molecule has 0 bridgehead atoms. The molecular formula is C23H36N2O4. The van der Waals surface area contributed by atoms with Crippen LogP contribution in [0.25, 0.3) is 0 Å². The van der Waals surface area contributed by atoms with Crippen LogP contribution in [0.5, 0.6) is 5.75 Å². The number of carbonyl (C=O) groups is 2. The normalized spacial score (nSPS) is 21.2. The number of amides is 1. The highest BCUT2D eigenvalue weighted by Crippen LogP contribution is 2.45. The van der Waals surface area contributed by atoms with Crippen LogP contribution in [-0.4, -0.2) is 41.7 Å². The van der Waals surface area contributed by atoms with Gasteiger partial charge in [-0.1, -0.05) is 18.2 Å². The lowest BCUT2D eigenvalue weighted by Gasteiger charge is -2.46. The molecule has 1 aliphatic carbocycles. The number of carboxylic acid groups (broad SMARTS) is 1. The Hall–Kier alpha value is -2.08. The standard InChI is InChI=1S/C22H34N2O2.CH2O2/c1-20(2)13-17(14-21(3,4)24-20)12-19(25)23-15-22(10-11-22)16-26-18-8-6-5-7-9-18;2-1-3/h5-9,17,24H,10-16H2,1-4H3,(H,23,25);1H,(H,2,3). The first-order chi connectivity index (χ1) is 13.6. The van der Waals surface area contributed by atoms with Gasteiger partial charge in [0.2, 0.25) is 5.91 Å². The molecule has 6 nitrogen and oxygen atoms in total. The van der Waals surface area contributed by atoms with Gasteiger partial charge in [0.1, 0.15) is 5.75 Å². The summed E-state index contributed by atoms with van der Waals surface area (Å²) < 4.78 is 5.91. The number of hydrogen-bond acceptors (Lipinski definition) is 4. The molecule has 162 valence electrons. The van der Waals surface area contributed by atoms with Crippen LogP contribution in [0.1, 0.15) is 59.8 Å². The molecule has 0 spiro atoms. The Kier molecular flexibility index (Phi) is 7.69. The molecule has 1 amide bonds. The van der Waals surface area contributed by atoms with Crippen molar-refractivity contribution < 1.29 is 19.4 Å². The third kappa shape index (κ3) is 8.05. The van der Waals surface area contributed by atoms with E-state index in [-0.39, 0.29) is 28.9 Å². The number of piperidine rings is 1. The SMILES string of the molecule is CC1(C)CC(CC(=O)NCC2(COc3ccccc3)CC2)CC(C)(C)N1.O=CO. The van der Waals surface area contributed by atoms with E-state index in [0.29, 0.717) is 18.9 Å². The highest BCUT2D eigenvalue weighted by atomic mass is 16.5. The van der Waals surface area contributed by atoms with Crippen molar-refractivity contribution in [2.24, 2.45) is 11.3 Å². The molecule has 0 unspecified atom stereocenters. The van der Waals surface area contributed by atoms with Gasteiger partial charge < -0.3 is 20.5 Å². The zero-order valence-corrected chi connectivity index (χ0v) is 18.2. The first kappa shape index (κ1) is 23.2. The van der Waals surface area contributed by atoms with Gasteiger partial charge in [-0.3, -0.25) is 9.59 Å². The molecule has 2 fully saturated rings. The fraction of sp³-hybridized carbons (Fsp3) is 0.652. The predicted octanol–water partition coefficient (Wildman–Crippen LogP) is 3.61. The molecule has 3 N–H and O–H groups in total. The summed E-state index contributed by atoms with van der Waals surface area (Å²) in [5.74, 6) is 1.54. The molecule has 1 aliphatic heterocycles. The molecule has 2 aliphatic rings. The van der Waals surface area contributed by atoms with Crippen LogP contribution in [0.3, 0.4) is 0 Å². The number of nitrogens with one attached hydrogen (secondary N) is 2. The minimum atomic E-state index is -0.250. The van der Waals surface area contributed by atoms with Gasteiger partial charge in [0.25, 0.3) is 6.47 Å². The van der Waals surface area contributed by atoms with Crippen molar-refractivity contribution in [3.05, 3.63) is 30.3 Å². The molecule has 1 aromatic rings. The highest BCUT2D eigenvalue weighted by Gasteiger charge is 2.44. The van der Waals surface area contributed by atoms with Crippen LogP contribution < -0.4 is 15.4 Å². The van der Waals surface area contributed by atoms with E-state index in [2.05, 4.69) is 38.3 Å². The van der Waals surface area contributed by atoms with Crippen LogP contribution in [-0.2, 0) is 9.59 Å². The van der Waals surface area contributed by atoms with Gasteiger partial charge in [-0.15, -0.1) is 0 Å². The number of benzene rings is 1. The van der Waals surface area contributed by atoms with Crippen molar-refractivity contribution in [1.82, 2.24) is 10.6 Å². The monoisotopic (exact) mass is 404 g/mol. The summed E-state index contributed by atoms with van der Waals surface area (Å²) in [5, 5.41) is 13.8. The summed E-state index contributed by atoms with van der Waals surface area (Å²) in [4.78, 5) is 20.9. The molecule has 6 heteroatoms. The van der Waals surface area contributed by atoms with Crippen LogP contribution >= 0.6 is 0 Å². The van der Waals surface area contributed by atoms with Crippen LogP contribution in [0.2, 0.25) is 0 Å². The lowest BCUT2D eigenvalue weighted by molar-refractivity contribution is -0.123. The Morgan fingerprint density at radius 3 is 2.24 bits per heavy atom. The van der Waals surface area contributed by atoms with Crippen molar-refractivity contribution in [2.45, 2.75) is 70.9 Å². The fourth-order valence-electron chi connectivity index (χ4n) is 4.60. The summed E-state index contributed by atoms with van der Waals surface area (Å²) in [7, 11) is 0. The van der Waals surface area contributed by atoms with E-state index in [0.717, 1.165) is 38.0 Å². The van der Waals surface area contributed by atoms with Crippen molar-refractivity contribution in [3.8, 4) is 5.75 Å². The van der Waals surface area contributed by atoms with E-state index < -0.39 is 0 Å². The maximum Gasteiger partial charge on any atom is 0.290 e. The highest BCUT2D eigenvalue weighted by molar-refractivity contribution is 5.76. The first-order valence-corrected chi connectivity index (χ1v) is 10.4. The molecule has 0 radical (unpaired) electrons. The molecule has 1 saturated heterocycles. The zero-order valence-electron chi connectivity index (χ0n) is 18.2. The maximum absolute atomic E-state index is 12.5. The lowest BCUT2D eigenvalue weighted by atomic mass is 9.74. The van der Waals surface area contributed by atoms with Gasteiger partial charge in [-0.2, -0.15) is 0 Å². The Morgan fingerprint density at radius 2 is 1.72 bits per heavy atom. The second-order valence-electron chi connectivity index (χ2n) is 9.86. The topological polar surface area (TPSA) is 87.7 Å². The van der Waals surface area contributed by atoms with Gasteiger partial charge in [-0.25, -0.2) is 0 Å². The largest absolute Gasteiger partial charge is 0.493 e. The summed E-state index contributed by atoms with van der Waals surface area (Å²) in [6.45, 7) is 10.1. The van der Waals surface area contributed by atoms with E-state index in [1.807, 2.05) is 30.3 Å². The predicted molar refractivity (Wildman–Crippen MR) is 114 cm³/mol. The number of ether oxygens (including phenoxy) is 1. The van der Waals surface area contributed by atoms with Crippen molar-refractivity contribution in [3.63, 3.8) is 0 Å². The van der Waals surface area contributed by atoms with E-state index in [1.54, 1.807) is 0 Å². The molecule has 0 aromatic heterocycles. The maximum atomic E-state index is 12.5. The number of para-hydroxylation sites is 1. The lowest BCUT2D eigenvalue weighted by Crippen LogP contribution is -2.58. The van der Waals surface area contributed by atoms with Gasteiger partial charge >= 0.3 is 0 Å². The second-order valence-corrected chi connectivity index (χ2v) is 9.86. The molecule has 1 aromatic carbocycles. The van der Waals surface area contributed by atoms with Crippen molar-refractivity contribution in [2.75, 3.05) is 13.2 Å². The van der Waals surface area contributed by atoms with Crippen LogP contribution in [0, 0.1) is 11.3 Å². The molecule has 1 saturated carbocycles. The fourth-order valence-corrected chi connectivity index (χ4v) is 4.60. The number of hydrogen-bond donors (Lipinski definition) is 3. The first-order valence-electron chi connectivity index (χ1n) is 10.4. The molecular weight excluding hydrogens is 368 g/mol. The Labute approximate surface area is 174 Å². The molecule has 0 atom stereocenters. The Morgan fingerprint density at radius 1 is 1.17 bits per heavy atom. The molecule has 1 heterocycles. The third-order valence-corrected chi connectivity index (χ3v) is 5.65. The van der Waals surface area contributed by atoms with Crippen molar-refractivity contribution >= 4 is 12.4 Å². The van der Waals surface area contributed by atoms with Gasteiger partial charge in [0.05, 0.1) is 6.61 Å².